The van der Waals surface area contributed by atoms with Gasteiger partial charge in [0.1, 0.15) is 18.4 Å². The van der Waals surface area contributed by atoms with Crippen LogP contribution in [0.15, 0.2) is 23.2 Å². The molecule has 0 radical (unpaired) electrons. The van der Waals surface area contributed by atoms with Gasteiger partial charge in [-0.3, -0.25) is 0 Å². The fourth-order valence-corrected chi connectivity index (χ4v) is 1.86. The van der Waals surface area contributed by atoms with Crippen LogP contribution in [0.2, 0.25) is 0 Å². The van der Waals surface area contributed by atoms with Crippen LogP contribution in [0.25, 0.3) is 0 Å². The monoisotopic (exact) mass is 235 g/mol. The van der Waals surface area contributed by atoms with Crippen molar-refractivity contribution < 1.29 is 14.9 Å². The minimum Gasteiger partial charge on any atom is -0.508 e. The van der Waals surface area contributed by atoms with Crippen LogP contribution < -0.4 is 0 Å². The number of phenolic OH excluding ortho intramolecular Hbond substituents is 1. The minimum absolute atomic E-state index is 0.197. The second-order valence-electron chi connectivity index (χ2n) is 4.24. The van der Waals surface area contributed by atoms with E-state index in [-0.39, 0.29) is 11.8 Å². The highest BCUT2D eigenvalue weighted by Crippen LogP contribution is 2.23. The first kappa shape index (κ1) is 11.9. The fourth-order valence-electron chi connectivity index (χ4n) is 1.86. The van der Waals surface area contributed by atoms with Crippen molar-refractivity contribution in [1.29, 1.82) is 0 Å². The van der Waals surface area contributed by atoms with Crippen LogP contribution in [-0.2, 0) is 4.74 Å². The molecule has 0 saturated carbocycles. The van der Waals surface area contributed by atoms with Gasteiger partial charge in [0, 0.05) is 11.1 Å². The van der Waals surface area contributed by atoms with E-state index in [1.165, 1.54) is 0 Å². The highest BCUT2D eigenvalue weighted by atomic mass is 16.5. The zero-order chi connectivity index (χ0) is 12.4. The number of hydrogen-bond acceptors (Lipinski definition) is 4. The molecule has 1 aromatic rings. The maximum Gasteiger partial charge on any atom is 0.217 e. The summed E-state index contributed by atoms with van der Waals surface area (Å²) >= 11 is 0. The molecule has 1 aromatic carbocycles. The summed E-state index contributed by atoms with van der Waals surface area (Å²) in [6.45, 7) is 4.14. The van der Waals surface area contributed by atoms with E-state index in [0.29, 0.717) is 18.9 Å². The summed E-state index contributed by atoms with van der Waals surface area (Å²) in [5, 5.41) is 19.3. The third-order valence-electron chi connectivity index (χ3n) is 3.07. The predicted molar refractivity (Wildman–Crippen MR) is 65.4 cm³/mol. The van der Waals surface area contributed by atoms with Gasteiger partial charge >= 0.3 is 0 Å². The SMILES string of the molecule is CCC(O)[C@@H]1COC(c2cccc(O)c2C)=N1. The fraction of sp³-hybridized carbons (Fsp3) is 0.462. The summed E-state index contributed by atoms with van der Waals surface area (Å²) in [6, 6.07) is 5.05. The van der Waals surface area contributed by atoms with E-state index < -0.39 is 6.10 Å². The van der Waals surface area contributed by atoms with Crippen molar-refractivity contribution in [2.45, 2.75) is 32.4 Å². The quantitative estimate of drug-likeness (QED) is 0.836. The van der Waals surface area contributed by atoms with Gasteiger partial charge in [-0.1, -0.05) is 13.0 Å². The lowest BCUT2D eigenvalue weighted by atomic mass is 10.1. The summed E-state index contributed by atoms with van der Waals surface area (Å²) in [5.74, 6) is 0.740. The van der Waals surface area contributed by atoms with Gasteiger partial charge in [0.05, 0.1) is 6.10 Å². The number of aliphatic imine (C=N–C) groups is 1. The molecule has 92 valence electrons. The van der Waals surface area contributed by atoms with Gasteiger partial charge in [-0.05, 0) is 25.5 Å². The van der Waals surface area contributed by atoms with Crippen LogP contribution in [0.5, 0.6) is 5.75 Å². The summed E-state index contributed by atoms with van der Waals surface area (Å²) in [6.07, 6.45) is 0.189. The first-order valence-corrected chi connectivity index (χ1v) is 5.81. The van der Waals surface area contributed by atoms with E-state index in [1.54, 1.807) is 12.1 Å². The lowest BCUT2D eigenvalue weighted by molar-refractivity contribution is 0.125. The van der Waals surface area contributed by atoms with Crippen LogP contribution >= 0.6 is 0 Å². The molecule has 0 fully saturated rings. The van der Waals surface area contributed by atoms with Crippen LogP contribution in [-0.4, -0.2) is 34.9 Å². The van der Waals surface area contributed by atoms with Gasteiger partial charge in [-0.25, -0.2) is 4.99 Å². The van der Waals surface area contributed by atoms with Crippen molar-refractivity contribution in [3.8, 4) is 5.75 Å². The smallest absolute Gasteiger partial charge is 0.217 e. The summed E-state index contributed by atoms with van der Waals surface area (Å²) in [7, 11) is 0. The Bertz CT molecular complexity index is 442. The Hall–Kier alpha value is -1.55. The van der Waals surface area contributed by atoms with E-state index in [0.717, 1.165) is 11.1 Å². The largest absolute Gasteiger partial charge is 0.508 e. The van der Waals surface area contributed by atoms with Crippen LogP contribution in [0.3, 0.4) is 0 Å². The Morgan fingerprint density at radius 3 is 3.00 bits per heavy atom. The van der Waals surface area contributed by atoms with Gasteiger partial charge < -0.3 is 14.9 Å². The topological polar surface area (TPSA) is 62.0 Å². The molecule has 0 aromatic heterocycles. The molecule has 0 bridgehead atoms. The number of hydrogen-bond donors (Lipinski definition) is 2. The molecular weight excluding hydrogens is 218 g/mol. The van der Waals surface area contributed by atoms with Gasteiger partial charge in [0.25, 0.3) is 0 Å². The third kappa shape index (κ3) is 2.26. The second-order valence-corrected chi connectivity index (χ2v) is 4.24. The number of benzene rings is 1. The number of ether oxygens (including phenoxy) is 1. The molecule has 0 aliphatic carbocycles. The Morgan fingerprint density at radius 2 is 2.29 bits per heavy atom. The molecule has 1 aliphatic heterocycles. The number of phenols is 1. The predicted octanol–water partition coefficient (Wildman–Crippen LogP) is 1.62. The maximum absolute atomic E-state index is 9.71. The average Bonchev–Trinajstić information content (AvgIpc) is 2.81. The van der Waals surface area contributed by atoms with Gasteiger partial charge in [0.15, 0.2) is 0 Å². The lowest BCUT2D eigenvalue weighted by Crippen LogP contribution is -2.24. The number of aliphatic hydroxyl groups is 1. The molecule has 2 atom stereocenters. The zero-order valence-electron chi connectivity index (χ0n) is 10.1. The number of aromatic hydroxyl groups is 1. The van der Waals surface area contributed by atoms with E-state index in [9.17, 15) is 10.2 Å². The lowest BCUT2D eigenvalue weighted by Gasteiger charge is -2.10. The van der Waals surface area contributed by atoms with Crippen molar-refractivity contribution >= 4 is 5.90 Å². The second kappa shape index (κ2) is 4.75. The van der Waals surface area contributed by atoms with Crippen molar-refractivity contribution in [2.24, 2.45) is 4.99 Å². The molecule has 4 nitrogen and oxygen atoms in total. The molecule has 1 unspecified atom stereocenters. The highest BCUT2D eigenvalue weighted by Gasteiger charge is 2.26. The first-order valence-electron chi connectivity index (χ1n) is 5.81. The van der Waals surface area contributed by atoms with Crippen molar-refractivity contribution in [3.63, 3.8) is 0 Å². The normalized spacial score (nSPS) is 20.9. The summed E-state index contributed by atoms with van der Waals surface area (Å²) in [5.41, 5.74) is 1.54. The zero-order valence-corrected chi connectivity index (χ0v) is 10.1. The van der Waals surface area contributed by atoms with Crippen molar-refractivity contribution in [3.05, 3.63) is 29.3 Å². The van der Waals surface area contributed by atoms with E-state index in [4.69, 9.17) is 4.74 Å². The number of rotatable bonds is 3. The molecule has 0 amide bonds. The Kier molecular flexibility index (Phi) is 3.33. The molecule has 1 heterocycles. The van der Waals surface area contributed by atoms with Crippen molar-refractivity contribution in [1.82, 2.24) is 0 Å². The highest BCUT2D eigenvalue weighted by molar-refractivity contribution is 5.97. The molecule has 4 heteroatoms. The Labute approximate surface area is 101 Å². The molecule has 17 heavy (non-hydrogen) atoms. The minimum atomic E-state index is -0.467. The number of nitrogens with zero attached hydrogens (tertiary/aromatic N) is 1. The van der Waals surface area contributed by atoms with Crippen molar-refractivity contribution in [2.75, 3.05) is 6.61 Å². The molecule has 1 aliphatic rings. The molecule has 0 spiro atoms. The van der Waals surface area contributed by atoms with E-state index >= 15 is 0 Å². The Balaban J connectivity index is 2.27. The van der Waals surface area contributed by atoms with Crippen LogP contribution in [0.4, 0.5) is 0 Å². The van der Waals surface area contributed by atoms with Crippen LogP contribution in [0, 0.1) is 6.92 Å². The van der Waals surface area contributed by atoms with Crippen LogP contribution in [0.1, 0.15) is 24.5 Å². The van der Waals surface area contributed by atoms with Gasteiger partial charge in [0.2, 0.25) is 5.90 Å². The molecule has 0 saturated heterocycles. The maximum atomic E-state index is 9.71. The van der Waals surface area contributed by atoms with E-state index in [1.807, 2.05) is 19.9 Å². The molecular formula is C13H17NO3. The molecule has 2 N–H and O–H groups in total. The average molecular weight is 235 g/mol. The first-order chi connectivity index (χ1) is 8.13. The summed E-state index contributed by atoms with van der Waals surface area (Å²) < 4.78 is 5.49. The summed E-state index contributed by atoms with van der Waals surface area (Å²) in [4.78, 5) is 4.36. The van der Waals surface area contributed by atoms with Gasteiger partial charge in [-0.2, -0.15) is 0 Å². The van der Waals surface area contributed by atoms with E-state index in [2.05, 4.69) is 4.99 Å². The number of aliphatic hydroxyl groups excluding tert-OH is 1. The standard InChI is InChI=1S/C13H17NO3/c1-3-11(15)10-7-17-13(14-10)9-5-4-6-12(16)8(9)2/h4-6,10-11,15-16H,3,7H2,1-2H3/t10-,11?/m0/s1. The molecule has 2 rings (SSSR count). The Morgan fingerprint density at radius 1 is 1.53 bits per heavy atom. The van der Waals surface area contributed by atoms with Gasteiger partial charge in [-0.15, -0.1) is 0 Å². The third-order valence-corrected chi connectivity index (χ3v) is 3.07.